The molecule has 3 N–H and O–H groups in total. The van der Waals surface area contributed by atoms with Crippen molar-refractivity contribution in [2.24, 2.45) is 0 Å². The number of allylic oxidation sites excluding steroid dienone is 14. The summed E-state index contributed by atoms with van der Waals surface area (Å²) in [5.41, 5.74) is 0. The maximum Gasteiger partial charge on any atom is 0.472 e. The van der Waals surface area contributed by atoms with Gasteiger partial charge in [-0.2, -0.15) is 0 Å². The van der Waals surface area contributed by atoms with Crippen LogP contribution in [0.3, 0.4) is 0 Å². The van der Waals surface area contributed by atoms with Gasteiger partial charge in [0.1, 0.15) is 12.2 Å². The Hall–Kier alpha value is -2.36. The lowest BCUT2D eigenvalue weighted by Crippen LogP contribution is -2.29. The number of hydrogen-bond acceptors (Lipinski definition) is 8. The fourth-order valence-electron chi connectivity index (χ4n) is 5.47. The van der Waals surface area contributed by atoms with E-state index in [1.807, 2.05) is 0 Å². The molecular formula is C47H81O9P. The van der Waals surface area contributed by atoms with E-state index in [0.717, 1.165) is 103 Å². The van der Waals surface area contributed by atoms with E-state index < -0.39 is 45.8 Å². The third kappa shape index (κ3) is 43.1. The normalized spacial score (nSPS) is 14.8. The van der Waals surface area contributed by atoms with Gasteiger partial charge in [0, 0.05) is 13.0 Å². The molecule has 0 aliphatic heterocycles. The van der Waals surface area contributed by atoms with E-state index in [-0.39, 0.29) is 13.0 Å². The van der Waals surface area contributed by atoms with Gasteiger partial charge in [-0.25, -0.2) is 4.57 Å². The molecule has 0 heterocycles. The van der Waals surface area contributed by atoms with Crippen LogP contribution < -0.4 is 0 Å². The number of unbranched alkanes of at least 4 members (excludes halogenated alkanes) is 13. The Morgan fingerprint density at radius 2 is 1.00 bits per heavy atom. The molecule has 0 aliphatic rings. The molecule has 57 heavy (non-hydrogen) atoms. The van der Waals surface area contributed by atoms with Crippen LogP contribution in [0, 0.1) is 0 Å². The van der Waals surface area contributed by atoms with Gasteiger partial charge in [-0.15, -0.1) is 0 Å². The van der Waals surface area contributed by atoms with Crippen LogP contribution >= 0.6 is 7.82 Å². The summed E-state index contributed by atoms with van der Waals surface area (Å²) in [7, 11) is -4.54. The van der Waals surface area contributed by atoms with E-state index >= 15 is 0 Å². The molecule has 0 bridgehead atoms. The smallest absolute Gasteiger partial charge is 0.457 e. The van der Waals surface area contributed by atoms with Crippen molar-refractivity contribution in [3.63, 3.8) is 0 Å². The average molecular weight is 821 g/mol. The zero-order chi connectivity index (χ0) is 41.8. The zero-order valence-corrected chi connectivity index (χ0v) is 36.7. The van der Waals surface area contributed by atoms with Gasteiger partial charge in [-0.3, -0.25) is 13.8 Å². The van der Waals surface area contributed by atoms with Gasteiger partial charge in [-0.05, 0) is 89.9 Å². The summed E-state index contributed by atoms with van der Waals surface area (Å²) in [5, 5.41) is 18.4. The van der Waals surface area contributed by atoms with Crippen LogP contribution in [0.5, 0.6) is 0 Å². The topological polar surface area (TPSA) is 132 Å². The molecule has 0 aromatic rings. The third-order valence-electron chi connectivity index (χ3n) is 8.81. The first-order chi connectivity index (χ1) is 27.8. The minimum absolute atomic E-state index is 0.0211. The van der Waals surface area contributed by atoms with Crippen molar-refractivity contribution in [2.45, 2.75) is 174 Å². The van der Waals surface area contributed by atoms with Gasteiger partial charge in [0.25, 0.3) is 0 Å². The van der Waals surface area contributed by atoms with Crippen molar-refractivity contribution >= 4 is 13.8 Å². The lowest BCUT2D eigenvalue weighted by atomic mass is 10.1. The summed E-state index contributed by atoms with van der Waals surface area (Å²) >= 11 is 0. The van der Waals surface area contributed by atoms with Crippen molar-refractivity contribution < 1.29 is 43.0 Å². The largest absolute Gasteiger partial charge is 0.472 e. The number of rotatable bonds is 41. The average Bonchev–Trinajstić information content (AvgIpc) is 3.20. The number of esters is 1. The fourth-order valence-corrected chi connectivity index (χ4v) is 6.26. The first-order valence-corrected chi connectivity index (χ1v) is 23.6. The molecule has 9 nitrogen and oxygen atoms in total. The molecular weight excluding hydrogens is 739 g/mol. The third-order valence-corrected chi connectivity index (χ3v) is 9.77. The lowest BCUT2D eigenvalue weighted by Gasteiger charge is -2.20. The first-order valence-electron chi connectivity index (χ1n) is 22.1. The van der Waals surface area contributed by atoms with Gasteiger partial charge in [-0.1, -0.05) is 150 Å². The number of aliphatic hydroxyl groups excluding tert-OH is 2. The Morgan fingerprint density at radius 3 is 1.51 bits per heavy atom. The molecule has 0 saturated carbocycles. The van der Waals surface area contributed by atoms with Crippen LogP contribution in [0.1, 0.15) is 162 Å². The van der Waals surface area contributed by atoms with Crippen LogP contribution in [0.25, 0.3) is 0 Å². The molecule has 0 saturated heterocycles. The molecule has 0 radical (unpaired) electrons. The number of hydrogen-bond donors (Lipinski definition) is 3. The quantitative estimate of drug-likeness (QED) is 0.0239. The maximum atomic E-state index is 12.6. The lowest BCUT2D eigenvalue weighted by molar-refractivity contribution is -0.154. The molecule has 0 aromatic carbocycles. The van der Waals surface area contributed by atoms with E-state index in [4.69, 9.17) is 23.6 Å². The predicted octanol–water partition coefficient (Wildman–Crippen LogP) is 12.3. The van der Waals surface area contributed by atoms with E-state index in [1.54, 1.807) is 0 Å². The molecule has 0 spiro atoms. The molecule has 3 unspecified atom stereocenters. The van der Waals surface area contributed by atoms with Crippen LogP contribution in [-0.2, 0) is 27.9 Å². The van der Waals surface area contributed by atoms with Crippen molar-refractivity contribution in [2.75, 3.05) is 33.0 Å². The number of aliphatic hydroxyl groups is 2. The Labute approximate surface area is 347 Å². The molecule has 10 heteroatoms. The van der Waals surface area contributed by atoms with Crippen molar-refractivity contribution in [3.8, 4) is 0 Å². The summed E-state index contributed by atoms with van der Waals surface area (Å²) in [6.07, 6.45) is 52.5. The molecule has 0 aliphatic carbocycles. The number of phosphoric acid groups is 1. The second-order valence-electron chi connectivity index (χ2n) is 14.3. The van der Waals surface area contributed by atoms with Crippen LogP contribution in [0.4, 0.5) is 0 Å². The van der Waals surface area contributed by atoms with Crippen LogP contribution in [-0.4, -0.2) is 66.3 Å². The molecule has 0 aromatic heterocycles. The van der Waals surface area contributed by atoms with Gasteiger partial charge in [0.05, 0.1) is 26.4 Å². The molecule has 0 fully saturated rings. The van der Waals surface area contributed by atoms with Crippen molar-refractivity contribution in [1.82, 2.24) is 0 Å². The van der Waals surface area contributed by atoms with Gasteiger partial charge in [0.15, 0.2) is 0 Å². The Balaban J connectivity index is 4.27. The highest BCUT2D eigenvalue weighted by atomic mass is 31.2. The summed E-state index contributed by atoms with van der Waals surface area (Å²) in [4.78, 5) is 22.6. The highest BCUT2D eigenvalue weighted by Crippen LogP contribution is 2.43. The Bertz CT molecular complexity index is 1160. The maximum absolute atomic E-state index is 12.6. The Morgan fingerprint density at radius 1 is 0.561 bits per heavy atom. The van der Waals surface area contributed by atoms with Gasteiger partial charge < -0.3 is 24.6 Å². The van der Waals surface area contributed by atoms with Crippen LogP contribution in [0.15, 0.2) is 85.1 Å². The zero-order valence-electron chi connectivity index (χ0n) is 35.8. The standard InChI is InChI=1S/C47H81O9P/c1-3-5-7-9-11-13-15-17-19-21-22-23-24-26-28-30-32-34-36-38-40-53-43-46(44-55-57(51,52)54-42-45(49)41-48)56-47(50)39-37-35-33-31-29-27-25-20-18-16-14-12-10-8-6-4-2/h5,7,11,13-14,16-17,19-20,22-23,25-26,28,45-46,48-49H,3-4,6,8-10,12,15,18,21,24,27,29-44H2,1-2H3,(H,51,52)/b7-5-,13-11-,16-14-,19-17-,23-22-,25-20-,28-26-. The molecule has 3 atom stereocenters. The monoisotopic (exact) mass is 821 g/mol. The predicted molar refractivity (Wildman–Crippen MR) is 237 cm³/mol. The van der Waals surface area contributed by atoms with Crippen LogP contribution in [0.2, 0.25) is 0 Å². The first kappa shape index (κ1) is 54.6. The number of carbonyl (C=O) groups is 1. The highest BCUT2D eigenvalue weighted by Gasteiger charge is 2.26. The number of phosphoric ester groups is 1. The van der Waals surface area contributed by atoms with Crippen molar-refractivity contribution in [3.05, 3.63) is 85.1 Å². The molecule has 0 rings (SSSR count). The molecule has 328 valence electrons. The minimum Gasteiger partial charge on any atom is -0.457 e. The second kappa shape index (κ2) is 43.2. The van der Waals surface area contributed by atoms with Crippen molar-refractivity contribution in [1.29, 1.82) is 0 Å². The number of carbonyl (C=O) groups excluding carboxylic acids is 1. The van der Waals surface area contributed by atoms with Gasteiger partial charge in [0.2, 0.25) is 0 Å². The summed E-state index contributed by atoms with van der Waals surface area (Å²) in [6.45, 7) is 3.28. The summed E-state index contributed by atoms with van der Waals surface area (Å²) < 4.78 is 33.3. The highest BCUT2D eigenvalue weighted by molar-refractivity contribution is 7.47. The fraction of sp³-hybridized carbons (Fsp3) is 0.681. The van der Waals surface area contributed by atoms with E-state index in [0.29, 0.717) is 13.0 Å². The number of ether oxygens (including phenoxy) is 2. The van der Waals surface area contributed by atoms with E-state index in [9.17, 15) is 19.4 Å². The van der Waals surface area contributed by atoms with Gasteiger partial charge >= 0.3 is 13.8 Å². The minimum atomic E-state index is -4.54. The van der Waals surface area contributed by atoms with E-state index in [2.05, 4.69) is 98.9 Å². The summed E-state index contributed by atoms with van der Waals surface area (Å²) in [5.74, 6) is -0.409. The SMILES string of the molecule is CC/C=C\C/C=C\C/C=C\C/C=C\C/C=C\CCCCCCOCC(COP(=O)(O)OCC(O)CO)OC(=O)CCCCCCC/C=C\C/C=C\CCCCCC. The van der Waals surface area contributed by atoms with E-state index in [1.165, 1.54) is 32.1 Å². The summed E-state index contributed by atoms with van der Waals surface area (Å²) in [6, 6.07) is 0. The Kier molecular flexibility index (Phi) is 41.4. The second-order valence-corrected chi connectivity index (χ2v) is 15.8. The molecule has 0 amide bonds.